The van der Waals surface area contributed by atoms with Gasteiger partial charge in [0.25, 0.3) is 0 Å². The van der Waals surface area contributed by atoms with Crippen LogP contribution in [0.5, 0.6) is 34.5 Å². The van der Waals surface area contributed by atoms with Gasteiger partial charge < -0.3 is 14.2 Å². The van der Waals surface area contributed by atoms with E-state index in [0.717, 1.165) is 73.3 Å². The molecular weight excluding hydrogens is 693 g/mol. The number of ether oxygens (including phenoxy) is 3. The van der Waals surface area contributed by atoms with Gasteiger partial charge in [0.05, 0.1) is 33.7 Å². The minimum Gasteiger partial charge on any atom is -0.457 e. The molecule has 0 saturated carbocycles. The molecule has 3 aromatic heterocycles. The first-order valence-corrected chi connectivity index (χ1v) is 19.0. The number of para-hydroxylation sites is 3. The zero-order chi connectivity index (χ0) is 38.0. The van der Waals surface area contributed by atoms with Crippen LogP contribution in [-0.2, 0) is 12.8 Å². The first kappa shape index (κ1) is 34.6. The van der Waals surface area contributed by atoms with Crippen molar-refractivity contribution in [1.29, 1.82) is 0 Å². The van der Waals surface area contributed by atoms with E-state index in [0.29, 0.717) is 30.1 Å². The fraction of sp³-hybridized carbons (Fsp3) is 0.102. The van der Waals surface area contributed by atoms with E-state index in [1.807, 2.05) is 120 Å². The highest BCUT2D eigenvalue weighted by atomic mass is 16.5. The molecule has 9 rings (SSSR count). The fourth-order valence-electron chi connectivity index (χ4n) is 7.46. The van der Waals surface area contributed by atoms with Gasteiger partial charge in [0.15, 0.2) is 0 Å². The summed E-state index contributed by atoms with van der Waals surface area (Å²) in [6.45, 7) is 6.38. The number of rotatable bonds is 11. The average molecular weight is 733 g/mol. The topological polar surface area (TPSA) is 63.3 Å². The minimum atomic E-state index is 0.694. The van der Waals surface area contributed by atoms with Crippen molar-refractivity contribution in [2.45, 2.75) is 33.6 Å². The van der Waals surface area contributed by atoms with Crippen LogP contribution in [0.4, 0.5) is 0 Å². The molecule has 274 valence electrons. The molecule has 0 aliphatic heterocycles. The molecule has 0 fully saturated rings. The van der Waals surface area contributed by atoms with Gasteiger partial charge in [-0.1, -0.05) is 80.6 Å². The van der Waals surface area contributed by atoms with Crippen LogP contribution in [0.1, 0.15) is 30.8 Å². The van der Waals surface area contributed by atoms with Crippen LogP contribution < -0.4 is 14.2 Å². The van der Waals surface area contributed by atoms with Crippen molar-refractivity contribution < 1.29 is 14.2 Å². The summed E-state index contributed by atoms with van der Waals surface area (Å²) in [7, 11) is 0. The Morgan fingerprint density at radius 3 is 1.86 bits per heavy atom. The van der Waals surface area contributed by atoms with E-state index in [9.17, 15) is 0 Å². The smallest absolute Gasteiger partial charge is 0.139 e. The van der Waals surface area contributed by atoms with Gasteiger partial charge in [0, 0.05) is 34.7 Å². The van der Waals surface area contributed by atoms with E-state index in [1.54, 1.807) is 0 Å². The maximum atomic E-state index is 6.64. The molecular formula is C49H40N4O3. The molecule has 7 nitrogen and oxygen atoms in total. The number of hydrogen-bond acceptors (Lipinski definition) is 5. The minimum absolute atomic E-state index is 0.694. The van der Waals surface area contributed by atoms with E-state index >= 15 is 0 Å². The molecule has 0 atom stereocenters. The highest BCUT2D eigenvalue weighted by Gasteiger charge is 2.26. The molecule has 9 aromatic rings. The summed E-state index contributed by atoms with van der Waals surface area (Å²) in [5.41, 5.74) is 8.02. The molecule has 0 unspecified atom stereocenters. The lowest BCUT2D eigenvalue weighted by Gasteiger charge is -2.18. The van der Waals surface area contributed by atoms with Crippen molar-refractivity contribution in [3.05, 3.63) is 181 Å². The molecule has 56 heavy (non-hydrogen) atoms. The molecule has 0 saturated heterocycles. The first-order valence-electron chi connectivity index (χ1n) is 19.0. The normalized spacial score (nSPS) is 11.3. The van der Waals surface area contributed by atoms with Gasteiger partial charge in [-0.25, -0.2) is 9.67 Å². The van der Waals surface area contributed by atoms with Gasteiger partial charge in [-0.15, -0.1) is 0 Å². The van der Waals surface area contributed by atoms with Crippen LogP contribution in [0.25, 0.3) is 44.4 Å². The van der Waals surface area contributed by atoms with Gasteiger partial charge in [-0.3, -0.25) is 4.57 Å². The summed E-state index contributed by atoms with van der Waals surface area (Å²) in [6.07, 6.45) is 3.28. The molecule has 0 aliphatic carbocycles. The maximum absolute atomic E-state index is 6.64. The van der Waals surface area contributed by atoms with Crippen LogP contribution in [-0.4, -0.2) is 19.3 Å². The Morgan fingerprint density at radius 2 is 1.16 bits per heavy atom. The molecule has 7 heteroatoms. The zero-order valence-corrected chi connectivity index (χ0v) is 31.5. The fourth-order valence-corrected chi connectivity index (χ4v) is 7.46. The van der Waals surface area contributed by atoms with E-state index in [1.165, 1.54) is 5.39 Å². The monoisotopic (exact) mass is 732 g/mol. The van der Waals surface area contributed by atoms with Crippen LogP contribution >= 0.6 is 0 Å². The second kappa shape index (κ2) is 15.0. The third-order valence-corrected chi connectivity index (χ3v) is 9.98. The Labute approximate surface area is 326 Å². The van der Waals surface area contributed by atoms with E-state index in [4.69, 9.17) is 24.3 Å². The zero-order valence-electron chi connectivity index (χ0n) is 31.5. The van der Waals surface area contributed by atoms with Gasteiger partial charge in [0.2, 0.25) is 0 Å². The van der Waals surface area contributed by atoms with E-state index < -0.39 is 0 Å². The van der Waals surface area contributed by atoms with Crippen molar-refractivity contribution in [3.63, 3.8) is 0 Å². The molecule has 0 amide bonds. The van der Waals surface area contributed by atoms with Crippen molar-refractivity contribution in [3.8, 4) is 57.1 Å². The van der Waals surface area contributed by atoms with Crippen LogP contribution in [0, 0.1) is 6.92 Å². The Bertz CT molecular complexity index is 2760. The maximum Gasteiger partial charge on any atom is 0.139 e. The summed E-state index contributed by atoms with van der Waals surface area (Å²) in [5, 5.41) is 7.55. The lowest BCUT2D eigenvalue weighted by atomic mass is 9.98. The lowest BCUT2D eigenvalue weighted by Crippen LogP contribution is -2.03. The van der Waals surface area contributed by atoms with Gasteiger partial charge in [0.1, 0.15) is 40.3 Å². The molecule has 0 bridgehead atoms. The van der Waals surface area contributed by atoms with Crippen molar-refractivity contribution in [2.75, 3.05) is 0 Å². The van der Waals surface area contributed by atoms with Crippen molar-refractivity contribution in [2.24, 2.45) is 0 Å². The predicted octanol–water partition coefficient (Wildman–Crippen LogP) is 12.8. The number of nitrogens with zero attached hydrogens (tertiary/aromatic N) is 4. The standard InChI is InChI=1S/C49H40N4O3/c1-4-41-48(49-45(55-35-17-8-6-9-18-35)24-15-25-46(49)56-36-19-10-7-11-20-36)42(5-2)53(51-41)34-16-14-21-37(31-34)54-38-26-27-40-39-22-12-13-23-43(39)52(44(40)32-38)47-30-33(3)28-29-50-47/h6-32H,4-5H2,1-3H3. The molecule has 0 radical (unpaired) electrons. The summed E-state index contributed by atoms with van der Waals surface area (Å²) >= 11 is 0. The van der Waals surface area contributed by atoms with Crippen LogP contribution in [0.3, 0.4) is 0 Å². The number of pyridine rings is 1. The summed E-state index contributed by atoms with van der Waals surface area (Å²) < 4.78 is 24.1. The quantitative estimate of drug-likeness (QED) is 0.132. The second-order valence-electron chi connectivity index (χ2n) is 13.7. The molecule has 3 heterocycles. The number of hydrogen-bond donors (Lipinski definition) is 0. The number of benzene rings is 6. The molecule has 6 aromatic carbocycles. The number of aromatic nitrogens is 4. The van der Waals surface area contributed by atoms with Crippen LogP contribution in [0.2, 0.25) is 0 Å². The molecule has 0 spiro atoms. The highest BCUT2D eigenvalue weighted by molar-refractivity contribution is 6.09. The van der Waals surface area contributed by atoms with Crippen LogP contribution in [0.15, 0.2) is 164 Å². The van der Waals surface area contributed by atoms with Crippen molar-refractivity contribution >= 4 is 21.8 Å². The van der Waals surface area contributed by atoms with Gasteiger partial charge in [-0.2, -0.15) is 5.10 Å². The predicted molar refractivity (Wildman–Crippen MR) is 224 cm³/mol. The second-order valence-corrected chi connectivity index (χ2v) is 13.7. The third-order valence-electron chi connectivity index (χ3n) is 9.98. The summed E-state index contributed by atoms with van der Waals surface area (Å²) in [6, 6.07) is 52.6. The largest absolute Gasteiger partial charge is 0.457 e. The van der Waals surface area contributed by atoms with Gasteiger partial charge >= 0.3 is 0 Å². The van der Waals surface area contributed by atoms with E-state index in [2.05, 4.69) is 73.9 Å². The van der Waals surface area contributed by atoms with Gasteiger partial charge in [-0.05, 0) is 104 Å². The number of aryl methyl sites for hydroxylation is 2. The third kappa shape index (κ3) is 6.54. The van der Waals surface area contributed by atoms with Crippen molar-refractivity contribution in [1.82, 2.24) is 19.3 Å². The lowest BCUT2D eigenvalue weighted by molar-refractivity contribution is 0.463. The Morgan fingerprint density at radius 1 is 0.518 bits per heavy atom. The summed E-state index contributed by atoms with van der Waals surface area (Å²) in [4.78, 5) is 4.74. The average Bonchev–Trinajstić information content (AvgIpc) is 3.77. The Balaban J connectivity index is 1.13. The molecule has 0 aliphatic rings. The SMILES string of the molecule is CCc1nn(-c2cccc(Oc3ccc4c5ccccc5n(-c5cc(C)ccn5)c4c3)c2)c(CC)c1-c1c(Oc2ccccc2)cccc1Oc1ccccc1. The first-order chi connectivity index (χ1) is 27.6. The number of fused-ring (bicyclic) bond motifs is 3. The van der Waals surface area contributed by atoms with E-state index in [-0.39, 0.29) is 0 Å². The Hall–Kier alpha value is -7.12. The highest BCUT2D eigenvalue weighted by Crippen LogP contribution is 2.46. The Kier molecular flexibility index (Phi) is 9.25. The molecule has 0 N–H and O–H groups in total. The summed E-state index contributed by atoms with van der Waals surface area (Å²) in [5.74, 6) is 5.18.